The van der Waals surface area contributed by atoms with Crippen LogP contribution in [0.25, 0.3) is 9.69 Å². The summed E-state index contributed by atoms with van der Waals surface area (Å²) in [5.74, 6) is -0.119. The molecule has 2 aromatic carbocycles. The monoisotopic (exact) mass is 1340 g/mol. The van der Waals surface area contributed by atoms with E-state index < -0.39 is 11.1 Å². The third-order valence-corrected chi connectivity index (χ3v) is 8.44. The molecule has 2 aliphatic carbocycles. The van der Waals surface area contributed by atoms with Gasteiger partial charge in [-0.1, -0.05) is 248 Å². The normalized spacial score (nSPS) is 11.2. The van der Waals surface area contributed by atoms with Crippen LogP contribution in [0.1, 0.15) is 249 Å². The largest absolute Gasteiger partial charge is 1.00 e. The van der Waals surface area contributed by atoms with Crippen LogP contribution in [0.15, 0.2) is 85.0 Å². The Balaban J connectivity index is -0.0000000499. The van der Waals surface area contributed by atoms with Crippen LogP contribution in [0.4, 0.5) is 0 Å². The number of carbonyl (C=O) groups excluding carboxylic acids is 2. The topological polar surface area (TPSA) is 72.3 Å². The van der Waals surface area contributed by atoms with E-state index >= 15 is 0 Å². The van der Waals surface area contributed by atoms with Crippen LogP contribution in [0.2, 0.25) is 0 Å². The van der Waals surface area contributed by atoms with Crippen LogP contribution in [0.3, 0.4) is 0 Å². The summed E-state index contributed by atoms with van der Waals surface area (Å²) in [6, 6.07) is 17.9. The molecule has 2 radical (unpaired) electrons. The predicted octanol–water partition coefficient (Wildman–Crippen LogP) is 17.4. The van der Waals surface area contributed by atoms with Gasteiger partial charge in [-0.3, -0.25) is 9.59 Å². The Labute approximate surface area is 551 Å². The number of benzene rings is 2. The third-order valence-electron chi connectivity index (χ3n) is 8.44. The van der Waals surface area contributed by atoms with Crippen LogP contribution in [0.5, 0.6) is 0 Å². The summed E-state index contributed by atoms with van der Waals surface area (Å²) in [5, 5.41) is 9.02. The zero-order valence-corrected chi connectivity index (χ0v) is 62.5. The van der Waals surface area contributed by atoms with E-state index in [2.05, 4.69) is 65.5 Å². The molecule has 10 heteroatoms. The summed E-state index contributed by atoms with van der Waals surface area (Å²) >= 11 is 0. The molecule has 0 aliphatic heterocycles. The second kappa shape index (κ2) is 99.8. The van der Waals surface area contributed by atoms with Gasteiger partial charge in [-0.15, -0.1) is 0 Å². The van der Waals surface area contributed by atoms with Crippen molar-refractivity contribution in [1.82, 2.24) is 0 Å². The van der Waals surface area contributed by atoms with Gasteiger partial charge in [-0.25, -0.2) is 13.1 Å². The number of ketones is 2. The quantitative estimate of drug-likeness (QED) is 0.0713. The minimum atomic E-state index is -0.993. The molecule has 0 saturated heterocycles. The Morgan fingerprint density at radius 3 is 0.896 bits per heavy atom. The smallest absolute Gasteiger partial charge is 0.259 e. The maximum atomic E-state index is 12.0. The van der Waals surface area contributed by atoms with Crippen LogP contribution < -0.4 is 24.0 Å². The molecule has 0 bridgehead atoms. The Bertz CT molecular complexity index is 1400. The van der Waals surface area contributed by atoms with Crippen LogP contribution >= 0.6 is 0 Å². The van der Waals surface area contributed by atoms with E-state index in [0.29, 0.717) is 24.3 Å². The maximum Gasteiger partial charge on any atom is 0.259 e. The summed E-state index contributed by atoms with van der Waals surface area (Å²) in [4.78, 5) is 30.5. The minimum absolute atomic E-state index is 0. The average Bonchev–Trinajstić information content (AvgIpc) is 4.27. The van der Waals surface area contributed by atoms with Gasteiger partial charge in [-0.2, -0.15) is 0 Å². The fourth-order valence-corrected chi connectivity index (χ4v) is 4.49. The molecule has 77 heavy (non-hydrogen) atoms. The Hall–Kier alpha value is -1.46. The molecule has 1 N–H and O–H groups in total. The van der Waals surface area contributed by atoms with E-state index in [1.165, 1.54) is 108 Å². The zero-order valence-electron chi connectivity index (χ0n) is 54.7. The van der Waals surface area contributed by atoms with Gasteiger partial charge in [0.2, 0.25) is 0 Å². The number of Topliss-reactive ketones (excluding diaryl/α,β-unsaturated/α-hetero) is 2. The third kappa shape index (κ3) is 104. The van der Waals surface area contributed by atoms with E-state index in [9.17, 15) is 9.59 Å². The molecule has 0 amide bonds. The number of carbonyl (C=O) groups is 2. The Kier molecular flexibility index (Phi) is 144. The molecule has 2 aromatic rings. The van der Waals surface area contributed by atoms with Crippen molar-refractivity contribution in [3.63, 3.8) is 0 Å². The van der Waals surface area contributed by atoms with Gasteiger partial charge in [0.05, 0.1) is 40.5 Å². The van der Waals surface area contributed by atoms with Crippen molar-refractivity contribution in [2.75, 3.05) is 47.5 Å². The molecule has 0 aromatic heterocycles. The van der Waals surface area contributed by atoms with Gasteiger partial charge in [0.15, 0.2) is 11.6 Å². The Morgan fingerprint density at radius 2 is 0.740 bits per heavy atom. The second-order valence-electron chi connectivity index (χ2n) is 16.3. The van der Waals surface area contributed by atoms with Crippen molar-refractivity contribution < 1.29 is 113 Å². The van der Waals surface area contributed by atoms with E-state index in [0.717, 1.165) is 4.48 Å². The first-order valence-electron chi connectivity index (χ1n) is 28.5. The molecule has 0 heterocycles. The maximum absolute atomic E-state index is 12.0. The van der Waals surface area contributed by atoms with E-state index in [1.54, 1.807) is 50.2 Å². The number of ether oxygens (including phenoxy) is 1. The first-order chi connectivity index (χ1) is 35.4. The molecule has 7 nitrogen and oxygen atoms in total. The van der Waals surface area contributed by atoms with Crippen molar-refractivity contribution in [3.8, 4) is 0 Å². The number of nitrogens with zero attached hydrogens (tertiary/aromatic N) is 3. The number of hydrogen-bond donors (Lipinski definition) is 1. The van der Waals surface area contributed by atoms with E-state index in [4.69, 9.17) is 49.3 Å². The molecule has 2 saturated carbocycles. The molecule has 2 atom stereocenters. The number of rotatable bonds is 13. The van der Waals surface area contributed by atoms with Crippen LogP contribution in [-0.2, 0) is 70.2 Å². The predicted molar refractivity (Wildman–Crippen MR) is 335 cm³/mol. The van der Waals surface area contributed by atoms with Gasteiger partial charge < -0.3 is 98.6 Å². The van der Waals surface area contributed by atoms with Crippen molar-refractivity contribution >= 4 is 11.6 Å². The number of halogens is 1. The van der Waals surface area contributed by atoms with Crippen LogP contribution in [-0.4, -0.2) is 79.7 Å². The van der Waals surface area contributed by atoms with Crippen molar-refractivity contribution in [1.29, 1.82) is 0 Å². The second-order valence-corrected chi connectivity index (χ2v) is 16.3. The fraction of sp³-hybridized carbons (Fsp3) is 0.642. The molecular formula is C67H124IN3O4Y2-4. The summed E-state index contributed by atoms with van der Waals surface area (Å²) < 4.78 is 6.33. The molecule has 448 valence electrons. The van der Waals surface area contributed by atoms with Crippen molar-refractivity contribution in [2.24, 2.45) is 0 Å². The van der Waals surface area contributed by atoms with Gasteiger partial charge in [0.25, 0.3) is 11.1 Å². The Morgan fingerprint density at radius 1 is 0.532 bits per heavy atom. The van der Waals surface area contributed by atoms with Crippen molar-refractivity contribution in [3.05, 3.63) is 145 Å². The first kappa shape index (κ1) is 111. The SMILES string of the molecule is C1CCCC1.C1CCCC1.CC.CC.CC.CC.CC.CC.CCC.CCC.CC[N+](C)(C)C.[C-]#[N+]C(C)(CO)CC(=O)c1ccccc1.[C-]#[N+]C(C)(COCC)CC(=O)c1ccccc1.[CH-]=CC=[CH-].[CH-]=CC=[CH-].[I-].[Y].[Y]. The standard InChI is InChI=1S/C14H17NO2.C12H13NO2.C5H14N.2C5H10.2C4H4.2C3H8.6C2H6.HI.2Y/c1-4-17-11-14(2,15-3)10-13(16)12-8-6-5-7-9-12;1-12(9-14,13-2)8-11(15)10-6-4-3-5-7-10;1-5-6(2,3)4;2*1-2-4-5-3-1;2*1-3-4-2;2*1-3-2;6*1-2;;;/h5-9H,4,10-11H2,1-2H3;3-7,14H,8-9H2,1H3;5H2,1-4H3;2*1-5H2;2*1-4H;2*3H2,1-2H3;6*1-2H3;1H;;/q;;+1;;;2*-2;;;;;;;;;;;/p-1. The summed E-state index contributed by atoms with van der Waals surface area (Å²) in [5.41, 5.74) is -0.518. The number of hydrogen-bond acceptors (Lipinski definition) is 4. The molecule has 2 fully saturated rings. The average molecular weight is 1340 g/mol. The van der Waals surface area contributed by atoms with Gasteiger partial charge in [-0.05, 0) is 13.8 Å². The minimum Gasteiger partial charge on any atom is -1.00 e. The number of quaternary nitrogens is 1. The van der Waals surface area contributed by atoms with E-state index in [1.807, 2.05) is 114 Å². The first-order valence-corrected chi connectivity index (χ1v) is 28.5. The molecular weight excluding hydrogens is 1220 g/mol. The van der Waals surface area contributed by atoms with Gasteiger partial charge in [0.1, 0.15) is 13.2 Å². The van der Waals surface area contributed by atoms with Crippen molar-refractivity contribution in [2.45, 2.75) is 239 Å². The molecule has 0 spiro atoms. The zero-order chi connectivity index (χ0) is 60.6. The number of aliphatic hydroxyl groups excluding tert-OH is 1. The van der Waals surface area contributed by atoms with Gasteiger partial charge >= 0.3 is 0 Å². The summed E-state index contributed by atoms with van der Waals surface area (Å²) in [6.07, 6.45) is 22.9. The van der Waals surface area contributed by atoms with Crippen LogP contribution in [0, 0.1) is 39.5 Å². The summed E-state index contributed by atoms with van der Waals surface area (Å²) in [7, 11) is 6.54. The molecule has 2 aliphatic rings. The van der Waals surface area contributed by atoms with E-state index in [-0.39, 0.29) is 120 Å². The number of allylic oxidation sites excluding steroid dienone is 4. The summed E-state index contributed by atoms with van der Waals surface area (Å²) in [6.45, 7) is 74.7. The fourth-order valence-electron chi connectivity index (χ4n) is 4.49. The molecule has 2 unspecified atom stereocenters. The number of aliphatic hydroxyl groups is 1. The molecule has 4 rings (SSSR count). The van der Waals surface area contributed by atoms with Gasteiger partial charge in [0, 0.05) is 97.0 Å².